The van der Waals surface area contributed by atoms with Crippen molar-refractivity contribution in [2.45, 2.75) is 34.1 Å². The predicted molar refractivity (Wildman–Crippen MR) is 91.1 cm³/mol. The first-order chi connectivity index (χ1) is 11.6. The number of aromatic nitrogens is 2. The number of benzene rings is 1. The van der Waals surface area contributed by atoms with Crippen LogP contribution in [0.15, 0.2) is 24.3 Å². The van der Waals surface area contributed by atoms with Gasteiger partial charge in [0.2, 0.25) is 5.91 Å². The molecule has 2 N–H and O–H groups in total. The number of nitrogens with zero attached hydrogens (tertiary/aromatic N) is 2. The Morgan fingerprint density at radius 2 is 1.84 bits per heavy atom. The van der Waals surface area contributed by atoms with Crippen molar-refractivity contribution in [2.24, 2.45) is 5.41 Å². The van der Waals surface area contributed by atoms with Crippen LogP contribution in [0.25, 0.3) is 5.69 Å². The zero-order chi connectivity index (χ0) is 18.8. The molecule has 0 aliphatic carbocycles. The van der Waals surface area contributed by atoms with Gasteiger partial charge in [-0.05, 0) is 52.0 Å². The summed E-state index contributed by atoms with van der Waals surface area (Å²) in [7, 11) is 0. The van der Waals surface area contributed by atoms with Gasteiger partial charge in [-0.2, -0.15) is 5.10 Å². The number of hydrogen-bond acceptors (Lipinski definition) is 3. The van der Waals surface area contributed by atoms with Crippen molar-refractivity contribution in [3.05, 3.63) is 47.0 Å². The Labute approximate surface area is 145 Å². The first kappa shape index (κ1) is 18.6. The summed E-state index contributed by atoms with van der Waals surface area (Å²) in [6.45, 7) is 6.80. The zero-order valence-corrected chi connectivity index (χ0v) is 14.8. The van der Waals surface area contributed by atoms with Gasteiger partial charge in [0.25, 0.3) is 0 Å². The van der Waals surface area contributed by atoms with Gasteiger partial charge in [0.05, 0.1) is 23.2 Å². The third-order valence-corrected chi connectivity index (χ3v) is 4.16. The Kier molecular flexibility index (Phi) is 5.25. The summed E-state index contributed by atoms with van der Waals surface area (Å²) in [6.07, 6.45) is 0.106. The normalized spacial score (nSPS) is 11.4. The summed E-state index contributed by atoms with van der Waals surface area (Å²) >= 11 is 0. The van der Waals surface area contributed by atoms with Crippen LogP contribution in [0.3, 0.4) is 0 Å². The lowest BCUT2D eigenvalue weighted by molar-refractivity contribution is -0.146. The van der Waals surface area contributed by atoms with Crippen LogP contribution in [-0.2, 0) is 16.0 Å². The highest BCUT2D eigenvalue weighted by molar-refractivity contribution is 5.80. The second-order valence-electron chi connectivity index (χ2n) is 6.68. The fourth-order valence-corrected chi connectivity index (χ4v) is 2.38. The van der Waals surface area contributed by atoms with Crippen LogP contribution < -0.4 is 5.32 Å². The summed E-state index contributed by atoms with van der Waals surface area (Å²) in [6, 6.07) is 5.94. The molecule has 0 saturated carbocycles. The van der Waals surface area contributed by atoms with Crippen LogP contribution in [0, 0.1) is 25.1 Å². The van der Waals surface area contributed by atoms with Gasteiger partial charge < -0.3 is 10.4 Å². The molecule has 2 aromatic rings. The van der Waals surface area contributed by atoms with Crippen LogP contribution in [0.1, 0.15) is 30.8 Å². The van der Waals surface area contributed by atoms with Gasteiger partial charge in [-0.3, -0.25) is 9.59 Å². The zero-order valence-electron chi connectivity index (χ0n) is 14.8. The second-order valence-corrected chi connectivity index (χ2v) is 6.68. The molecule has 0 unspecified atom stereocenters. The summed E-state index contributed by atoms with van der Waals surface area (Å²) < 4.78 is 14.7. The SMILES string of the molecule is Cc1nn(-c2ccc(F)cc2)c(C)c1CC(=O)NCC(C)(C)C(=O)O. The molecule has 0 bridgehead atoms. The standard InChI is InChI=1S/C18H22FN3O3/c1-11-15(9-16(23)20-10-18(3,4)17(24)25)12(2)22(21-11)14-7-5-13(19)6-8-14/h5-8H,9-10H2,1-4H3,(H,20,23)(H,24,25). The summed E-state index contributed by atoms with van der Waals surface area (Å²) in [4.78, 5) is 23.3. The van der Waals surface area contributed by atoms with E-state index in [4.69, 9.17) is 5.11 Å². The van der Waals surface area contributed by atoms with E-state index in [-0.39, 0.29) is 24.7 Å². The Bertz CT molecular complexity index is 795. The number of carboxylic acids is 1. The first-order valence-corrected chi connectivity index (χ1v) is 7.93. The van der Waals surface area contributed by atoms with E-state index in [0.717, 1.165) is 11.3 Å². The van der Waals surface area contributed by atoms with Crippen LogP contribution in [0.5, 0.6) is 0 Å². The molecule has 25 heavy (non-hydrogen) atoms. The van der Waals surface area contributed by atoms with E-state index >= 15 is 0 Å². The minimum Gasteiger partial charge on any atom is -0.481 e. The van der Waals surface area contributed by atoms with Crippen LogP contribution in [0.4, 0.5) is 4.39 Å². The number of amides is 1. The van der Waals surface area contributed by atoms with E-state index in [1.807, 2.05) is 6.92 Å². The third kappa shape index (κ3) is 4.23. The lowest BCUT2D eigenvalue weighted by Gasteiger charge is -2.19. The number of aliphatic carboxylic acids is 1. The molecule has 1 aromatic heterocycles. The van der Waals surface area contributed by atoms with Crippen LogP contribution in [0.2, 0.25) is 0 Å². The molecule has 134 valence electrons. The maximum atomic E-state index is 13.1. The predicted octanol–water partition coefficient (Wildman–Crippen LogP) is 2.40. The summed E-state index contributed by atoms with van der Waals surface area (Å²) in [5, 5.41) is 16.2. The van der Waals surface area contributed by atoms with Crippen molar-refractivity contribution in [1.82, 2.24) is 15.1 Å². The number of carboxylic acid groups (broad SMARTS) is 1. The van der Waals surface area contributed by atoms with Crippen LogP contribution >= 0.6 is 0 Å². The Balaban J connectivity index is 2.14. The number of halogens is 1. The second kappa shape index (κ2) is 7.04. The van der Waals surface area contributed by atoms with Gasteiger partial charge in [-0.15, -0.1) is 0 Å². The van der Waals surface area contributed by atoms with E-state index < -0.39 is 11.4 Å². The molecule has 0 fully saturated rings. The smallest absolute Gasteiger partial charge is 0.310 e. The highest BCUT2D eigenvalue weighted by Crippen LogP contribution is 2.19. The lowest BCUT2D eigenvalue weighted by Crippen LogP contribution is -2.39. The minimum absolute atomic E-state index is 0.0470. The van der Waals surface area contributed by atoms with Crippen molar-refractivity contribution in [3.63, 3.8) is 0 Å². The van der Waals surface area contributed by atoms with Crippen molar-refractivity contribution >= 4 is 11.9 Å². The molecule has 2 rings (SSSR count). The fraction of sp³-hybridized carbons (Fsp3) is 0.389. The van der Waals surface area contributed by atoms with E-state index in [1.165, 1.54) is 12.1 Å². The molecule has 7 heteroatoms. The first-order valence-electron chi connectivity index (χ1n) is 7.93. The Hall–Kier alpha value is -2.70. The molecule has 6 nitrogen and oxygen atoms in total. The number of nitrogens with one attached hydrogen (secondary N) is 1. The molecule has 1 amide bonds. The molecule has 0 aliphatic rings. The monoisotopic (exact) mass is 347 g/mol. The number of aryl methyl sites for hydroxylation is 1. The average Bonchev–Trinajstić information content (AvgIpc) is 2.82. The van der Waals surface area contributed by atoms with Gasteiger partial charge in [-0.1, -0.05) is 0 Å². The summed E-state index contributed by atoms with van der Waals surface area (Å²) in [5.41, 5.74) is 1.94. The quantitative estimate of drug-likeness (QED) is 0.840. The van der Waals surface area contributed by atoms with E-state index in [2.05, 4.69) is 10.4 Å². The summed E-state index contributed by atoms with van der Waals surface area (Å²) in [5.74, 6) is -1.56. The van der Waals surface area contributed by atoms with Gasteiger partial charge >= 0.3 is 5.97 Å². The highest BCUT2D eigenvalue weighted by Gasteiger charge is 2.27. The molecule has 0 atom stereocenters. The third-order valence-electron chi connectivity index (χ3n) is 4.16. The lowest BCUT2D eigenvalue weighted by atomic mass is 9.94. The van der Waals surface area contributed by atoms with Crippen molar-refractivity contribution in [2.75, 3.05) is 6.54 Å². The van der Waals surface area contributed by atoms with E-state index in [9.17, 15) is 14.0 Å². The molecule has 0 radical (unpaired) electrons. The number of carbonyl (C=O) groups is 2. The number of carbonyl (C=O) groups excluding carboxylic acids is 1. The highest BCUT2D eigenvalue weighted by atomic mass is 19.1. The fourth-order valence-electron chi connectivity index (χ4n) is 2.38. The van der Waals surface area contributed by atoms with Gasteiger partial charge in [0.1, 0.15) is 5.82 Å². The maximum Gasteiger partial charge on any atom is 0.310 e. The Morgan fingerprint density at radius 3 is 2.40 bits per heavy atom. The van der Waals surface area contributed by atoms with E-state index in [0.29, 0.717) is 11.4 Å². The van der Waals surface area contributed by atoms with Gasteiger partial charge in [0.15, 0.2) is 0 Å². The molecular weight excluding hydrogens is 325 g/mol. The van der Waals surface area contributed by atoms with E-state index in [1.54, 1.807) is 37.6 Å². The Morgan fingerprint density at radius 1 is 1.24 bits per heavy atom. The van der Waals surface area contributed by atoms with Gasteiger partial charge in [-0.25, -0.2) is 9.07 Å². The average molecular weight is 347 g/mol. The maximum absolute atomic E-state index is 13.1. The van der Waals surface area contributed by atoms with Crippen molar-refractivity contribution < 1.29 is 19.1 Å². The van der Waals surface area contributed by atoms with Gasteiger partial charge in [0, 0.05) is 17.8 Å². The van der Waals surface area contributed by atoms with Crippen molar-refractivity contribution in [3.8, 4) is 5.69 Å². The topological polar surface area (TPSA) is 84.2 Å². The molecule has 0 spiro atoms. The molecule has 0 saturated heterocycles. The molecule has 1 aromatic carbocycles. The molecule has 1 heterocycles. The van der Waals surface area contributed by atoms with Crippen LogP contribution in [-0.4, -0.2) is 33.3 Å². The molecule has 0 aliphatic heterocycles. The number of rotatable bonds is 6. The number of hydrogen-bond donors (Lipinski definition) is 2. The minimum atomic E-state index is -1.03. The van der Waals surface area contributed by atoms with Crippen molar-refractivity contribution in [1.29, 1.82) is 0 Å². The molecular formula is C18H22FN3O3. The largest absolute Gasteiger partial charge is 0.481 e.